The lowest BCUT2D eigenvalue weighted by Crippen LogP contribution is -2.10. The van der Waals surface area contributed by atoms with Gasteiger partial charge in [0.05, 0.1) is 0 Å². The Bertz CT molecular complexity index is 311. The molecule has 0 unspecified atom stereocenters. The van der Waals surface area contributed by atoms with E-state index in [1.165, 1.54) is 25.7 Å². The van der Waals surface area contributed by atoms with Crippen molar-refractivity contribution in [3.63, 3.8) is 0 Å². The average Bonchev–Trinajstić information content (AvgIpc) is 2.72. The summed E-state index contributed by atoms with van der Waals surface area (Å²) >= 11 is 0. The zero-order chi connectivity index (χ0) is 9.26. The van der Waals surface area contributed by atoms with Crippen LogP contribution in [-0.4, -0.2) is 15.8 Å². The van der Waals surface area contributed by atoms with Crippen molar-refractivity contribution in [2.75, 3.05) is 0 Å². The lowest BCUT2D eigenvalue weighted by atomic mass is 10.2. The van der Waals surface area contributed by atoms with Gasteiger partial charge in [0.15, 0.2) is 12.1 Å². The van der Waals surface area contributed by atoms with Gasteiger partial charge < -0.3 is 4.57 Å². The molecule has 3 heteroatoms. The fourth-order valence-corrected chi connectivity index (χ4v) is 2.19. The molecular weight excluding hydrogens is 164 g/mol. The van der Waals surface area contributed by atoms with Gasteiger partial charge in [-0.2, -0.15) is 0 Å². The van der Waals surface area contributed by atoms with E-state index in [-0.39, 0.29) is 0 Å². The van der Waals surface area contributed by atoms with Crippen molar-refractivity contribution >= 4 is 6.29 Å². The monoisotopic (exact) mass is 178 g/mol. The molecule has 1 aliphatic rings. The summed E-state index contributed by atoms with van der Waals surface area (Å²) in [4.78, 5) is 14.8. The molecular formula is C10H14N2O. The highest BCUT2D eigenvalue weighted by atomic mass is 16.1. The largest absolute Gasteiger partial charge is 0.323 e. The molecule has 1 aromatic heterocycles. The molecule has 0 radical (unpaired) electrons. The summed E-state index contributed by atoms with van der Waals surface area (Å²) in [7, 11) is 0. The summed E-state index contributed by atoms with van der Waals surface area (Å²) < 4.78 is 2.08. The van der Waals surface area contributed by atoms with Crippen molar-refractivity contribution < 1.29 is 4.79 Å². The fourth-order valence-electron chi connectivity index (χ4n) is 2.19. The van der Waals surface area contributed by atoms with Crippen molar-refractivity contribution in [3.8, 4) is 0 Å². The minimum absolute atomic E-state index is 0.516. The highest BCUT2D eigenvalue weighted by Gasteiger charge is 2.20. The van der Waals surface area contributed by atoms with Gasteiger partial charge in [0.2, 0.25) is 0 Å². The number of nitrogens with zero attached hydrogens (tertiary/aromatic N) is 2. The smallest absolute Gasteiger partial charge is 0.185 e. The number of aldehydes is 1. The molecule has 0 amide bonds. The predicted octanol–water partition coefficient (Wildman–Crippen LogP) is 2.12. The van der Waals surface area contributed by atoms with E-state index in [1.807, 2.05) is 6.92 Å². The summed E-state index contributed by atoms with van der Waals surface area (Å²) in [6, 6.07) is 0.516. The zero-order valence-electron chi connectivity index (χ0n) is 7.86. The van der Waals surface area contributed by atoms with E-state index in [2.05, 4.69) is 9.55 Å². The molecule has 0 aromatic carbocycles. The van der Waals surface area contributed by atoms with Crippen molar-refractivity contribution in [3.05, 3.63) is 17.7 Å². The maximum Gasteiger partial charge on any atom is 0.185 e. The van der Waals surface area contributed by atoms with Crippen LogP contribution in [0.5, 0.6) is 0 Å². The molecule has 0 spiro atoms. The number of hydrogen-bond donors (Lipinski definition) is 0. The maximum atomic E-state index is 10.7. The first-order chi connectivity index (χ1) is 6.33. The van der Waals surface area contributed by atoms with Crippen LogP contribution in [0.1, 0.15) is 48.0 Å². The number of rotatable bonds is 2. The van der Waals surface area contributed by atoms with Gasteiger partial charge >= 0.3 is 0 Å². The second-order valence-electron chi connectivity index (χ2n) is 3.68. The quantitative estimate of drug-likeness (QED) is 0.650. The van der Waals surface area contributed by atoms with E-state index < -0.39 is 0 Å². The summed E-state index contributed by atoms with van der Waals surface area (Å²) in [6.07, 6.45) is 7.57. The van der Waals surface area contributed by atoms with E-state index in [9.17, 15) is 4.79 Å². The standard InChI is InChI=1S/C10H14N2O/c1-8-6-11-10(7-13)12(8)9-4-2-3-5-9/h6-7,9H,2-5H2,1H3. The minimum Gasteiger partial charge on any atom is -0.323 e. The van der Waals surface area contributed by atoms with Crippen LogP contribution in [0.3, 0.4) is 0 Å². The third kappa shape index (κ3) is 1.39. The lowest BCUT2D eigenvalue weighted by Gasteiger charge is -2.14. The molecule has 2 rings (SSSR count). The van der Waals surface area contributed by atoms with Crippen molar-refractivity contribution in [2.24, 2.45) is 0 Å². The van der Waals surface area contributed by atoms with E-state index in [0.29, 0.717) is 11.9 Å². The Morgan fingerprint density at radius 1 is 1.54 bits per heavy atom. The summed E-state index contributed by atoms with van der Waals surface area (Å²) in [6.45, 7) is 2.01. The van der Waals surface area contributed by atoms with Crippen LogP contribution in [0.2, 0.25) is 0 Å². The SMILES string of the molecule is Cc1cnc(C=O)n1C1CCCC1. The molecule has 0 aliphatic heterocycles. The number of aryl methyl sites for hydroxylation is 1. The Kier molecular flexibility index (Phi) is 2.17. The molecule has 1 aliphatic carbocycles. The summed E-state index contributed by atoms with van der Waals surface area (Å²) in [5.74, 6) is 0.587. The van der Waals surface area contributed by atoms with Crippen LogP contribution in [0, 0.1) is 6.92 Å². The van der Waals surface area contributed by atoms with Crippen LogP contribution < -0.4 is 0 Å². The van der Waals surface area contributed by atoms with Crippen LogP contribution in [-0.2, 0) is 0 Å². The number of hydrogen-bond acceptors (Lipinski definition) is 2. The highest BCUT2D eigenvalue weighted by molar-refractivity contribution is 5.69. The Hall–Kier alpha value is -1.12. The van der Waals surface area contributed by atoms with Gasteiger partial charge in [-0.15, -0.1) is 0 Å². The topological polar surface area (TPSA) is 34.9 Å². The first kappa shape index (κ1) is 8.48. The molecule has 0 saturated heterocycles. The Morgan fingerprint density at radius 3 is 2.85 bits per heavy atom. The second-order valence-corrected chi connectivity index (χ2v) is 3.68. The third-order valence-electron chi connectivity index (χ3n) is 2.81. The summed E-state index contributed by atoms with van der Waals surface area (Å²) in [5, 5.41) is 0. The Balaban J connectivity index is 2.35. The first-order valence-corrected chi connectivity index (χ1v) is 4.82. The van der Waals surface area contributed by atoms with E-state index in [4.69, 9.17) is 0 Å². The molecule has 70 valence electrons. The molecule has 0 atom stereocenters. The van der Waals surface area contributed by atoms with Gasteiger partial charge in [0, 0.05) is 17.9 Å². The van der Waals surface area contributed by atoms with Gasteiger partial charge in [-0.25, -0.2) is 4.98 Å². The molecule has 1 aromatic rings. The highest BCUT2D eigenvalue weighted by Crippen LogP contribution is 2.31. The van der Waals surface area contributed by atoms with Gasteiger partial charge in [0.1, 0.15) is 0 Å². The summed E-state index contributed by atoms with van der Waals surface area (Å²) in [5.41, 5.74) is 1.11. The fraction of sp³-hybridized carbons (Fsp3) is 0.600. The number of carbonyl (C=O) groups is 1. The van der Waals surface area contributed by atoms with E-state index in [0.717, 1.165) is 12.0 Å². The number of aromatic nitrogens is 2. The number of carbonyl (C=O) groups excluding carboxylic acids is 1. The first-order valence-electron chi connectivity index (χ1n) is 4.82. The second kappa shape index (κ2) is 3.32. The van der Waals surface area contributed by atoms with Crippen LogP contribution in [0.15, 0.2) is 6.20 Å². The van der Waals surface area contributed by atoms with Crippen LogP contribution in [0.25, 0.3) is 0 Å². The molecule has 3 nitrogen and oxygen atoms in total. The molecule has 13 heavy (non-hydrogen) atoms. The maximum absolute atomic E-state index is 10.7. The van der Waals surface area contributed by atoms with E-state index >= 15 is 0 Å². The van der Waals surface area contributed by atoms with Gasteiger partial charge in [-0.05, 0) is 19.8 Å². The van der Waals surface area contributed by atoms with Crippen LogP contribution >= 0.6 is 0 Å². The molecule has 1 saturated carbocycles. The van der Waals surface area contributed by atoms with Crippen molar-refractivity contribution in [1.82, 2.24) is 9.55 Å². The molecule has 0 N–H and O–H groups in total. The lowest BCUT2D eigenvalue weighted by molar-refractivity contribution is 0.110. The predicted molar refractivity (Wildman–Crippen MR) is 49.9 cm³/mol. The average molecular weight is 178 g/mol. The van der Waals surface area contributed by atoms with Crippen molar-refractivity contribution in [2.45, 2.75) is 38.6 Å². The Morgan fingerprint density at radius 2 is 2.23 bits per heavy atom. The van der Waals surface area contributed by atoms with Crippen molar-refractivity contribution in [1.29, 1.82) is 0 Å². The minimum atomic E-state index is 0.516. The Labute approximate surface area is 77.8 Å². The molecule has 1 fully saturated rings. The normalized spacial score (nSPS) is 17.9. The molecule has 1 heterocycles. The third-order valence-corrected chi connectivity index (χ3v) is 2.81. The van der Waals surface area contributed by atoms with Gasteiger partial charge in [-0.1, -0.05) is 12.8 Å². The molecule has 0 bridgehead atoms. The van der Waals surface area contributed by atoms with Crippen LogP contribution in [0.4, 0.5) is 0 Å². The zero-order valence-corrected chi connectivity index (χ0v) is 7.86. The number of imidazole rings is 1. The van der Waals surface area contributed by atoms with Gasteiger partial charge in [-0.3, -0.25) is 4.79 Å². The van der Waals surface area contributed by atoms with E-state index in [1.54, 1.807) is 6.20 Å². The van der Waals surface area contributed by atoms with Gasteiger partial charge in [0.25, 0.3) is 0 Å².